The van der Waals surface area contributed by atoms with Crippen molar-refractivity contribution in [3.63, 3.8) is 0 Å². The lowest BCUT2D eigenvalue weighted by Gasteiger charge is -2.33. The first-order chi connectivity index (χ1) is 14.9. The van der Waals surface area contributed by atoms with E-state index in [1.807, 2.05) is 26.8 Å². The summed E-state index contributed by atoms with van der Waals surface area (Å²) in [5, 5.41) is 8.91. The molecule has 10 heteroatoms. The van der Waals surface area contributed by atoms with Crippen LogP contribution in [0.4, 0.5) is 23.7 Å². The number of nitriles is 1. The molecule has 1 aliphatic heterocycles. The maximum Gasteiger partial charge on any atom is 0.416 e. The van der Waals surface area contributed by atoms with Gasteiger partial charge < -0.3 is 4.90 Å². The fourth-order valence-corrected chi connectivity index (χ4v) is 3.58. The molecule has 168 valence electrons. The van der Waals surface area contributed by atoms with Gasteiger partial charge in [-0.25, -0.2) is 9.78 Å². The number of hydrogen-bond acceptors (Lipinski definition) is 5. The Labute approximate surface area is 183 Å². The smallest absolute Gasteiger partial charge is 0.312 e. The zero-order chi connectivity index (χ0) is 23.7. The van der Waals surface area contributed by atoms with E-state index in [2.05, 4.69) is 9.97 Å². The maximum atomic E-state index is 13.1. The van der Waals surface area contributed by atoms with Gasteiger partial charge in [-0.05, 0) is 29.7 Å². The highest BCUT2D eigenvalue weighted by Gasteiger charge is 2.44. The highest BCUT2D eigenvalue weighted by atomic mass is 19.4. The van der Waals surface area contributed by atoms with Crippen molar-refractivity contribution in [2.75, 3.05) is 18.0 Å². The van der Waals surface area contributed by atoms with Crippen LogP contribution >= 0.6 is 0 Å². The Bertz CT molecular complexity index is 1050. The average molecular weight is 445 g/mol. The minimum absolute atomic E-state index is 0.00284. The Hall–Kier alpha value is -3.48. The van der Waals surface area contributed by atoms with E-state index < -0.39 is 23.6 Å². The van der Waals surface area contributed by atoms with Crippen LogP contribution in [0.1, 0.15) is 37.7 Å². The number of nitrogens with zero attached hydrogens (tertiary/aromatic N) is 5. The molecular formula is C22H22F3N5O2. The third-order valence-corrected chi connectivity index (χ3v) is 5.25. The first-order valence-corrected chi connectivity index (χ1v) is 9.88. The highest BCUT2D eigenvalue weighted by Crippen LogP contribution is 2.33. The van der Waals surface area contributed by atoms with Crippen molar-refractivity contribution in [2.24, 2.45) is 5.41 Å². The second-order valence-corrected chi connectivity index (χ2v) is 8.67. The van der Waals surface area contributed by atoms with Crippen LogP contribution in [-0.2, 0) is 17.4 Å². The van der Waals surface area contributed by atoms with Gasteiger partial charge in [-0.15, -0.1) is 0 Å². The summed E-state index contributed by atoms with van der Waals surface area (Å²) in [6.07, 6.45) is -2.40. The number of alkyl halides is 3. The zero-order valence-corrected chi connectivity index (χ0v) is 17.8. The number of pyridine rings is 2. The molecule has 7 nitrogen and oxygen atoms in total. The summed E-state index contributed by atoms with van der Waals surface area (Å²) in [5.41, 5.74) is -0.526. The van der Waals surface area contributed by atoms with Gasteiger partial charge in [0, 0.05) is 18.4 Å². The van der Waals surface area contributed by atoms with Crippen molar-refractivity contribution >= 4 is 17.5 Å². The number of carbonyl (C=O) groups is 2. The number of anilines is 1. The van der Waals surface area contributed by atoms with Crippen LogP contribution in [0.2, 0.25) is 0 Å². The van der Waals surface area contributed by atoms with Crippen LogP contribution in [0.25, 0.3) is 0 Å². The summed E-state index contributed by atoms with van der Waals surface area (Å²) < 4.78 is 38.8. The largest absolute Gasteiger partial charge is 0.416 e. The lowest BCUT2D eigenvalue weighted by molar-refractivity contribution is -0.137. The fraction of sp³-hybridized carbons (Fsp3) is 0.409. The fourth-order valence-electron chi connectivity index (χ4n) is 3.58. The molecule has 0 N–H and O–H groups in total. The zero-order valence-electron chi connectivity index (χ0n) is 17.8. The molecule has 3 rings (SSSR count). The first kappa shape index (κ1) is 23.2. The van der Waals surface area contributed by atoms with Crippen molar-refractivity contribution in [2.45, 2.75) is 39.4 Å². The van der Waals surface area contributed by atoms with Gasteiger partial charge in [-0.1, -0.05) is 20.8 Å². The van der Waals surface area contributed by atoms with E-state index in [4.69, 9.17) is 5.26 Å². The van der Waals surface area contributed by atoms with E-state index in [1.54, 1.807) is 6.07 Å². The van der Waals surface area contributed by atoms with Gasteiger partial charge >= 0.3 is 12.2 Å². The Morgan fingerprint density at radius 2 is 1.94 bits per heavy atom. The molecule has 0 radical (unpaired) electrons. The van der Waals surface area contributed by atoms with Gasteiger partial charge in [-0.2, -0.15) is 18.4 Å². The van der Waals surface area contributed by atoms with E-state index in [1.165, 1.54) is 22.1 Å². The summed E-state index contributed by atoms with van der Waals surface area (Å²) in [6.45, 7) is 5.88. The molecule has 1 fully saturated rings. The Balaban J connectivity index is 1.79. The monoisotopic (exact) mass is 445 g/mol. The SMILES string of the molecule is CC(C)(C)[C@H]1CN(c2ccc(C#N)nc2)C(=O)N1CC(=O)Cc1cc(C(F)(F)F)ccn1. The molecule has 3 heterocycles. The van der Waals surface area contributed by atoms with E-state index in [0.29, 0.717) is 12.2 Å². The second-order valence-electron chi connectivity index (χ2n) is 8.67. The highest BCUT2D eigenvalue weighted by molar-refractivity contribution is 5.97. The molecule has 2 aromatic rings. The summed E-state index contributed by atoms with van der Waals surface area (Å²) in [7, 11) is 0. The molecule has 0 bridgehead atoms. The van der Waals surface area contributed by atoms with Crippen molar-refractivity contribution in [3.05, 3.63) is 53.6 Å². The molecule has 0 aromatic carbocycles. The molecule has 1 atom stereocenters. The van der Waals surface area contributed by atoms with E-state index in [9.17, 15) is 22.8 Å². The van der Waals surface area contributed by atoms with Crippen LogP contribution in [-0.4, -0.2) is 45.8 Å². The van der Waals surface area contributed by atoms with Crippen LogP contribution in [0.5, 0.6) is 0 Å². The number of hydrogen-bond donors (Lipinski definition) is 0. The predicted molar refractivity (Wildman–Crippen MR) is 110 cm³/mol. The standard InChI is InChI=1S/C22H22F3N5O2/c1-21(2,3)19-13-29(17-5-4-15(10-26)28-11-17)20(32)30(19)12-18(31)9-16-8-14(6-7-27-16)22(23,24)25/h4-8,11,19H,9,12-13H2,1-3H3/t19-/m1/s1. The van der Waals surface area contributed by atoms with Crippen molar-refractivity contribution in [1.29, 1.82) is 5.26 Å². The molecule has 0 unspecified atom stereocenters. The van der Waals surface area contributed by atoms with Gasteiger partial charge in [-0.3, -0.25) is 14.7 Å². The number of ketones is 1. The normalized spacial score (nSPS) is 16.9. The van der Waals surface area contributed by atoms with Crippen LogP contribution < -0.4 is 4.90 Å². The Morgan fingerprint density at radius 1 is 1.22 bits per heavy atom. The van der Waals surface area contributed by atoms with Crippen molar-refractivity contribution in [3.8, 4) is 6.07 Å². The Kier molecular flexibility index (Phi) is 6.21. The summed E-state index contributed by atoms with van der Waals surface area (Å²) in [4.78, 5) is 36.6. The summed E-state index contributed by atoms with van der Waals surface area (Å²) >= 11 is 0. The number of rotatable bonds is 5. The molecule has 0 spiro atoms. The number of aromatic nitrogens is 2. The third kappa shape index (κ3) is 5.04. The van der Waals surface area contributed by atoms with Crippen LogP contribution in [0.3, 0.4) is 0 Å². The summed E-state index contributed by atoms with van der Waals surface area (Å²) in [6, 6.07) is 6.00. The molecule has 0 aliphatic carbocycles. The number of Topliss-reactive ketones (excluding diaryl/α,β-unsaturated/α-hetero) is 1. The number of carbonyl (C=O) groups excluding carboxylic acids is 2. The van der Waals surface area contributed by atoms with Gasteiger partial charge in [0.1, 0.15) is 11.8 Å². The van der Waals surface area contributed by atoms with E-state index in [0.717, 1.165) is 18.3 Å². The molecule has 0 saturated carbocycles. The average Bonchev–Trinajstić information content (AvgIpc) is 3.04. The quantitative estimate of drug-likeness (QED) is 0.698. The number of amides is 2. The van der Waals surface area contributed by atoms with Crippen LogP contribution in [0.15, 0.2) is 36.7 Å². The molecule has 1 aliphatic rings. The second kappa shape index (κ2) is 8.57. The number of urea groups is 1. The van der Waals surface area contributed by atoms with Gasteiger partial charge in [0.25, 0.3) is 0 Å². The topological polar surface area (TPSA) is 90.2 Å². The van der Waals surface area contributed by atoms with Crippen molar-refractivity contribution in [1.82, 2.24) is 14.9 Å². The van der Waals surface area contributed by atoms with Gasteiger partial charge in [0.2, 0.25) is 0 Å². The maximum absolute atomic E-state index is 13.1. The first-order valence-electron chi connectivity index (χ1n) is 9.88. The minimum Gasteiger partial charge on any atom is -0.312 e. The van der Waals surface area contributed by atoms with E-state index in [-0.39, 0.29) is 35.8 Å². The molecule has 32 heavy (non-hydrogen) atoms. The lowest BCUT2D eigenvalue weighted by atomic mass is 9.86. The van der Waals surface area contributed by atoms with E-state index >= 15 is 0 Å². The summed E-state index contributed by atoms with van der Waals surface area (Å²) in [5.74, 6) is -0.417. The molecule has 2 aromatic heterocycles. The molecular weight excluding hydrogens is 423 g/mol. The van der Waals surface area contributed by atoms with Gasteiger partial charge in [0.15, 0.2) is 5.78 Å². The Morgan fingerprint density at radius 3 is 2.50 bits per heavy atom. The molecule has 2 amide bonds. The van der Waals surface area contributed by atoms with Crippen molar-refractivity contribution < 1.29 is 22.8 Å². The predicted octanol–water partition coefficient (Wildman–Crippen LogP) is 3.84. The van der Waals surface area contributed by atoms with Crippen LogP contribution in [0, 0.1) is 16.7 Å². The van der Waals surface area contributed by atoms with Gasteiger partial charge in [0.05, 0.1) is 36.5 Å². The lowest BCUT2D eigenvalue weighted by Crippen LogP contribution is -2.45. The third-order valence-electron chi connectivity index (χ3n) is 5.25. The minimum atomic E-state index is -4.53. The molecule has 1 saturated heterocycles. The number of halogens is 3.